The van der Waals surface area contributed by atoms with Crippen LogP contribution in [0, 0.1) is 11.3 Å². The molecule has 6 nitrogen and oxygen atoms in total. The van der Waals surface area contributed by atoms with Gasteiger partial charge in [0.2, 0.25) is 0 Å². The predicted octanol–water partition coefficient (Wildman–Crippen LogP) is 0.361. The molecule has 16 heavy (non-hydrogen) atoms. The van der Waals surface area contributed by atoms with Gasteiger partial charge < -0.3 is 5.32 Å². The average Bonchev–Trinajstić information content (AvgIpc) is 2.82. The van der Waals surface area contributed by atoms with Crippen molar-refractivity contribution < 1.29 is 0 Å². The molecule has 0 radical (unpaired) electrons. The molecule has 0 aliphatic rings. The number of hydrogen-bond acceptors (Lipinski definition) is 5. The fourth-order valence-electron chi connectivity index (χ4n) is 1.33. The van der Waals surface area contributed by atoms with Gasteiger partial charge in [0, 0.05) is 6.54 Å². The first-order chi connectivity index (χ1) is 7.88. The Morgan fingerprint density at radius 2 is 2.31 bits per heavy atom. The molecular weight excluding hydrogens is 204 g/mol. The molecule has 1 aromatic carbocycles. The number of nitrogens with zero attached hydrogens (tertiary/aromatic N) is 4. The molecule has 0 unspecified atom stereocenters. The maximum atomic E-state index is 8.73. The standard InChI is InChI=1S/C10H10N6/c11-5-8-2-1-3-9(4-8)6-12-7-10-13-15-16-14-10/h1-4,12H,6-7H2,(H,13,14,15,16). The van der Waals surface area contributed by atoms with Gasteiger partial charge in [0.15, 0.2) is 5.82 Å². The second-order valence-electron chi connectivity index (χ2n) is 3.24. The molecule has 0 saturated heterocycles. The highest BCUT2D eigenvalue weighted by molar-refractivity contribution is 5.32. The Morgan fingerprint density at radius 1 is 1.38 bits per heavy atom. The summed E-state index contributed by atoms with van der Waals surface area (Å²) < 4.78 is 0. The smallest absolute Gasteiger partial charge is 0.188 e. The molecule has 0 atom stereocenters. The lowest BCUT2D eigenvalue weighted by atomic mass is 10.1. The topological polar surface area (TPSA) is 90.3 Å². The highest BCUT2D eigenvalue weighted by Crippen LogP contribution is 2.03. The SMILES string of the molecule is N#Cc1cccc(CNCc2nn[nH]n2)c1. The minimum Gasteiger partial charge on any atom is -0.306 e. The van der Waals surface area contributed by atoms with Gasteiger partial charge in [-0.2, -0.15) is 10.5 Å². The number of H-pyrrole nitrogens is 1. The average molecular weight is 214 g/mol. The summed E-state index contributed by atoms with van der Waals surface area (Å²) in [6.07, 6.45) is 0. The van der Waals surface area contributed by atoms with Gasteiger partial charge in [-0.05, 0) is 17.7 Å². The van der Waals surface area contributed by atoms with Crippen molar-refractivity contribution in [3.05, 3.63) is 41.2 Å². The number of nitrogens with one attached hydrogen (secondary N) is 2. The normalized spacial score (nSPS) is 9.94. The molecule has 80 valence electrons. The van der Waals surface area contributed by atoms with Crippen molar-refractivity contribution in [3.63, 3.8) is 0 Å². The van der Waals surface area contributed by atoms with Crippen LogP contribution < -0.4 is 5.32 Å². The monoisotopic (exact) mass is 214 g/mol. The molecule has 0 aliphatic heterocycles. The Kier molecular flexibility index (Phi) is 3.21. The van der Waals surface area contributed by atoms with Crippen molar-refractivity contribution >= 4 is 0 Å². The molecule has 0 spiro atoms. The first kappa shape index (κ1) is 10.3. The quantitative estimate of drug-likeness (QED) is 0.766. The molecule has 1 heterocycles. The fraction of sp³-hybridized carbons (Fsp3) is 0.200. The number of aromatic nitrogens is 4. The lowest BCUT2D eigenvalue weighted by Gasteiger charge is -2.02. The van der Waals surface area contributed by atoms with E-state index in [2.05, 4.69) is 32.0 Å². The lowest BCUT2D eigenvalue weighted by Crippen LogP contribution is -2.13. The van der Waals surface area contributed by atoms with E-state index in [-0.39, 0.29) is 0 Å². The molecule has 2 N–H and O–H groups in total. The van der Waals surface area contributed by atoms with Crippen molar-refractivity contribution in [1.82, 2.24) is 25.9 Å². The van der Waals surface area contributed by atoms with Crippen LogP contribution in [0.3, 0.4) is 0 Å². The third-order valence-electron chi connectivity index (χ3n) is 2.06. The van der Waals surface area contributed by atoms with Crippen molar-refractivity contribution in [1.29, 1.82) is 5.26 Å². The van der Waals surface area contributed by atoms with E-state index in [0.717, 1.165) is 5.56 Å². The number of hydrogen-bond donors (Lipinski definition) is 2. The van der Waals surface area contributed by atoms with E-state index in [1.54, 1.807) is 6.07 Å². The summed E-state index contributed by atoms with van der Waals surface area (Å²) in [5, 5.41) is 25.4. The summed E-state index contributed by atoms with van der Waals surface area (Å²) in [5.74, 6) is 0.622. The zero-order valence-corrected chi connectivity index (χ0v) is 8.51. The van der Waals surface area contributed by atoms with Crippen LogP contribution in [0.2, 0.25) is 0 Å². The van der Waals surface area contributed by atoms with Crippen molar-refractivity contribution in [2.45, 2.75) is 13.1 Å². The molecule has 0 bridgehead atoms. The zero-order chi connectivity index (χ0) is 11.2. The largest absolute Gasteiger partial charge is 0.306 e. The zero-order valence-electron chi connectivity index (χ0n) is 8.51. The fourth-order valence-corrected chi connectivity index (χ4v) is 1.33. The van der Waals surface area contributed by atoms with Gasteiger partial charge in [0.25, 0.3) is 0 Å². The van der Waals surface area contributed by atoms with E-state index >= 15 is 0 Å². The molecule has 0 saturated carbocycles. The number of nitriles is 1. The van der Waals surface area contributed by atoms with Crippen LogP contribution in [-0.2, 0) is 13.1 Å². The molecule has 0 fully saturated rings. The van der Waals surface area contributed by atoms with Gasteiger partial charge >= 0.3 is 0 Å². The van der Waals surface area contributed by atoms with Crippen LogP contribution >= 0.6 is 0 Å². The van der Waals surface area contributed by atoms with Crippen LogP contribution in [-0.4, -0.2) is 20.6 Å². The number of aromatic amines is 1. The van der Waals surface area contributed by atoms with Gasteiger partial charge in [-0.15, -0.1) is 10.2 Å². The van der Waals surface area contributed by atoms with E-state index in [1.807, 2.05) is 18.2 Å². The first-order valence-electron chi connectivity index (χ1n) is 4.80. The summed E-state index contributed by atoms with van der Waals surface area (Å²) in [4.78, 5) is 0. The van der Waals surface area contributed by atoms with Gasteiger partial charge in [-0.3, -0.25) is 0 Å². The Morgan fingerprint density at radius 3 is 3.06 bits per heavy atom. The molecule has 6 heteroatoms. The second kappa shape index (κ2) is 5.00. The highest BCUT2D eigenvalue weighted by atomic mass is 15.5. The van der Waals surface area contributed by atoms with Crippen LogP contribution in [0.4, 0.5) is 0 Å². The van der Waals surface area contributed by atoms with Crippen LogP contribution in [0.15, 0.2) is 24.3 Å². The van der Waals surface area contributed by atoms with Crippen molar-refractivity contribution in [2.24, 2.45) is 0 Å². The summed E-state index contributed by atoms with van der Waals surface area (Å²) >= 11 is 0. The Balaban J connectivity index is 1.88. The summed E-state index contributed by atoms with van der Waals surface area (Å²) in [7, 11) is 0. The van der Waals surface area contributed by atoms with Gasteiger partial charge in [-0.1, -0.05) is 17.3 Å². The van der Waals surface area contributed by atoms with Gasteiger partial charge in [-0.25, -0.2) is 0 Å². The second-order valence-corrected chi connectivity index (χ2v) is 3.24. The Bertz CT molecular complexity index is 484. The summed E-state index contributed by atoms with van der Waals surface area (Å²) in [6.45, 7) is 1.22. The van der Waals surface area contributed by atoms with Crippen molar-refractivity contribution in [3.8, 4) is 6.07 Å². The molecule has 0 amide bonds. The van der Waals surface area contributed by atoms with E-state index in [4.69, 9.17) is 5.26 Å². The van der Waals surface area contributed by atoms with E-state index in [9.17, 15) is 0 Å². The van der Waals surface area contributed by atoms with Crippen LogP contribution in [0.1, 0.15) is 17.0 Å². The molecular formula is C10H10N6. The van der Waals surface area contributed by atoms with Gasteiger partial charge in [0.05, 0.1) is 18.2 Å². The number of benzene rings is 1. The minimum atomic E-state index is 0.549. The predicted molar refractivity (Wildman–Crippen MR) is 55.9 cm³/mol. The molecule has 2 rings (SSSR count). The molecule has 0 aliphatic carbocycles. The minimum absolute atomic E-state index is 0.549. The molecule has 1 aromatic heterocycles. The van der Waals surface area contributed by atoms with E-state index in [1.165, 1.54) is 0 Å². The third-order valence-corrected chi connectivity index (χ3v) is 2.06. The van der Waals surface area contributed by atoms with Gasteiger partial charge in [0.1, 0.15) is 0 Å². The van der Waals surface area contributed by atoms with E-state index in [0.29, 0.717) is 24.5 Å². The summed E-state index contributed by atoms with van der Waals surface area (Å²) in [6, 6.07) is 9.56. The Labute approximate surface area is 92.3 Å². The Hall–Kier alpha value is -2.26. The van der Waals surface area contributed by atoms with E-state index < -0.39 is 0 Å². The molecule has 2 aromatic rings. The maximum Gasteiger partial charge on any atom is 0.188 e. The number of rotatable bonds is 4. The first-order valence-corrected chi connectivity index (χ1v) is 4.80. The van der Waals surface area contributed by atoms with Crippen molar-refractivity contribution in [2.75, 3.05) is 0 Å². The lowest BCUT2D eigenvalue weighted by molar-refractivity contribution is 0.663. The highest BCUT2D eigenvalue weighted by Gasteiger charge is 1.98. The summed E-state index contributed by atoms with van der Waals surface area (Å²) in [5.41, 5.74) is 1.72. The van der Waals surface area contributed by atoms with Crippen LogP contribution in [0.5, 0.6) is 0 Å². The number of tetrazole rings is 1. The third kappa shape index (κ3) is 2.62. The maximum absolute atomic E-state index is 8.73. The van der Waals surface area contributed by atoms with Crippen LogP contribution in [0.25, 0.3) is 0 Å².